The Morgan fingerprint density at radius 2 is 2.15 bits per heavy atom. The predicted molar refractivity (Wildman–Crippen MR) is 51.5 cm³/mol. The first kappa shape index (κ1) is 10.5. The van der Waals surface area contributed by atoms with E-state index >= 15 is 0 Å². The molecular formula is C10H19NO2. The topological polar surface area (TPSA) is 38.3 Å². The summed E-state index contributed by atoms with van der Waals surface area (Å²) in [5.41, 5.74) is 0. The minimum absolute atomic E-state index is 0.185. The minimum Gasteiger partial charge on any atom is -0.377 e. The molecule has 0 aromatic rings. The Bertz CT molecular complexity index is 155. The smallest absolute Gasteiger partial charge is 0.220 e. The Morgan fingerprint density at radius 1 is 1.38 bits per heavy atom. The quantitative estimate of drug-likeness (QED) is 0.636. The molecule has 1 saturated heterocycles. The molecule has 0 aromatic heterocycles. The zero-order chi connectivity index (χ0) is 9.52. The van der Waals surface area contributed by atoms with Crippen LogP contribution >= 0.6 is 0 Å². The molecule has 1 rings (SSSR count). The van der Waals surface area contributed by atoms with Gasteiger partial charge < -0.3 is 10.1 Å². The average molecular weight is 185 g/mol. The molecule has 3 nitrogen and oxygen atoms in total. The molecule has 0 atom stereocenters. The van der Waals surface area contributed by atoms with Crippen LogP contribution in [0.2, 0.25) is 0 Å². The molecule has 0 aromatic carbocycles. The molecular weight excluding hydrogens is 166 g/mol. The third kappa shape index (κ3) is 4.27. The molecule has 1 N–H and O–H groups in total. The van der Waals surface area contributed by atoms with Crippen molar-refractivity contribution in [2.45, 2.75) is 45.1 Å². The number of ether oxygens (including phenoxy) is 1. The molecule has 3 heteroatoms. The molecule has 0 bridgehead atoms. The van der Waals surface area contributed by atoms with Crippen LogP contribution in [0, 0.1) is 0 Å². The van der Waals surface area contributed by atoms with Gasteiger partial charge in [0.25, 0.3) is 0 Å². The van der Waals surface area contributed by atoms with Gasteiger partial charge in [-0.05, 0) is 6.42 Å². The predicted octanol–water partition coefficient (Wildman–Crippen LogP) is 1.47. The lowest BCUT2D eigenvalue weighted by Crippen LogP contribution is -2.48. The summed E-state index contributed by atoms with van der Waals surface area (Å²) in [6.45, 7) is 3.56. The highest BCUT2D eigenvalue weighted by Gasteiger charge is 2.19. The van der Waals surface area contributed by atoms with E-state index in [9.17, 15) is 4.79 Å². The van der Waals surface area contributed by atoms with Crippen LogP contribution in [-0.4, -0.2) is 25.2 Å². The van der Waals surface area contributed by atoms with E-state index in [0.29, 0.717) is 25.7 Å². The van der Waals surface area contributed by atoms with Gasteiger partial charge in [0.2, 0.25) is 5.91 Å². The molecule has 13 heavy (non-hydrogen) atoms. The normalized spacial score (nSPS) is 16.7. The second-order valence-corrected chi connectivity index (χ2v) is 3.61. The number of carbonyl (C=O) groups excluding carboxylic acids is 1. The van der Waals surface area contributed by atoms with Crippen molar-refractivity contribution in [3.8, 4) is 0 Å². The van der Waals surface area contributed by atoms with Gasteiger partial charge in [0, 0.05) is 6.42 Å². The van der Waals surface area contributed by atoms with Crippen LogP contribution in [-0.2, 0) is 9.53 Å². The zero-order valence-corrected chi connectivity index (χ0v) is 8.34. The summed E-state index contributed by atoms with van der Waals surface area (Å²) in [6, 6.07) is 0.290. The lowest BCUT2D eigenvalue weighted by Gasteiger charge is -2.26. The van der Waals surface area contributed by atoms with Crippen molar-refractivity contribution in [1.29, 1.82) is 0 Å². The van der Waals surface area contributed by atoms with Crippen molar-refractivity contribution in [3.63, 3.8) is 0 Å². The van der Waals surface area contributed by atoms with Crippen molar-refractivity contribution >= 4 is 5.91 Å². The number of amides is 1. The summed E-state index contributed by atoms with van der Waals surface area (Å²) in [5, 5.41) is 2.93. The van der Waals surface area contributed by atoms with E-state index in [2.05, 4.69) is 12.2 Å². The number of hydrogen-bond acceptors (Lipinski definition) is 2. The van der Waals surface area contributed by atoms with Crippen molar-refractivity contribution < 1.29 is 9.53 Å². The van der Waals surface area contributed by atoms with Gasteiger partial charge in [-0.2, -0.15) is 0 Å². The van der Waals surface area contributed by atoms with Crippen LogP contribution in [0.4, 0.5) is 0 Å². The first-order chi connectivity index (χ1) is 6.33. The van der Waals surface area contributed by atoms with E-state index < -0.39 is 0 Å². The molecule has 1 amide bonds. The van der Waals surface area contributed by atoms with Crippen LogP contribution in [0.25, 0.3) is 0 Å². The maximum Gasteiger partial charge on any atom is 0.220 e. The first-order valence-corrected chi connectivity index (χ1v) is 5.20. The van der Waals surface area contributed by atoms with E-state index in [1.807, 2.05) is 0 Å². The first-order valence-electron chi connectivity index (χ1n) is 5.20. The highest BCUT2D eigenvalue weighted by molar-refractivity contribution is 5.76. The molecule has 0 spiro atoms. The second kappa shape index (κ2) is 5.97. The fourth-order valence-electron chi connectivity index (χ4n) is 1.33. The van der Waals surface area contributed by atoms with Crippen LogP contribution in [0.5, 0.6) is 0 Å². The van der Waals surface area contributed by atoms with Crippen LogP contribution < -0.4 is 5.32 Å². The number of carbonyl (C=O) groups is 1. The Labute approximate surface area is 79.8 Å². The lowest BCUT2D eigenvalue weighted by molar-refractivity contribution is -0.125. The molecule has 0 aliphatic carbocycles. The van der Waals surface area contributed by atoms with Crippen molar-refractivity contribution in [2.75, 3.05) is 13.2 Å². The number of rotatable bonds is 6. The van der Waals surface area contributed by atoms with E-state index in [-0.39, 0.29) is 5.91 Å². The SMILES string of the molecule is CCCCCCC(=O)NC1COC1. The summed E-state index contributed by atoms with van der Waals surface area (Å²) in [4.78, 5) is 11.2. The molecule has 1 heterocycles. The number of hydrogen-bond donors (Lipinski definition) is 1. The van der Waals surface area contributed by atoms with Gasteiger partial charge in [0.05, 0.1) is 19.3 Å². The lowest BCUT2D eigenvalue weighted by atomic mass is 10.1. The van der Waals surface area contributed by atoms with Gasteiger partial charge in [-0.15, -0.1) is 0 Å². The van der Waals surface area contributed by atoms with Gasteiger partial charge in [-0.25, -0.2) is 0 Å². The van der Waals surface area contributed by atoms with Crippen molar-refractivity contribution in [2.24, 2.45) is 0 Å². The van der Waals surface area contributed by atoms with E-state index in [1.54, 1.807) is 0 Å². The summed E-state index contributed by atoms with van der Waals surface area (Å²) >= 11 is 0. The average Bonchev–Trinajstić information content (AvgIpc) is 2.06. The fourth-order valence-corrected chi connectivity index (χ4v) is 1.33. The Balaban J connectivity index is 1.91. The number of unbranched alkanes of at least 4 members (excludes halogenated alkanes) is 3. The minimum atomic E-state index is 0.185. The highest BCUT2D eigenvalue weighted by atomic mass is 16.5. The van der Waals surface area contributed by atoms with Gasteiger partial charge in [0.15, 0.2) is 0 Å². The standard InChI is InChI=1S/C10H19NO2/c1-2-3-4-5-6-10(12)11-9-7-13-8-9/h9H,2-8H2,1H3,(H,11,12). The summed E-state index contributed by atoms with van der Waals surface area (Å²) in [7, 11) is 0. The Hall–Kier alpha value is -0.570. The summed E-state index contributed by atoms with van der Waals surface area (Å²) in [5.74, 6) is 0.185. The Kier molecular flexibility index (Phi) is 4.83. The third-order valence-electron chi connectivity index (χ3n) is 2.26. The molecule has 0 radical (unpaired) electrons. The molecule has 0 saturated carbocycles. The maximum absolute atomic E-state index is 11.2. The molecule has 0 unspecified atom stereocenters. The van der Waals surface area contributed by atoms with Crippen molar-refractivity contribution in [3.05, 3.63) is 0 Å². The third-order valence-corrected chi connectivity index (χ3v) is 2.26. The molecule has 1 aliphatic heterocycles. The van der Waals surface area contributed by atoms with Crippen LogP contribution in [0.1, 0.15) is 39.0 Å². The van der Waals surface area contributed by atoms with Crippen molar-refractivity contribution in [1.82, 2.24) is 5.32 Å². The molecule has 76 valence electrons. The summed E-state index contributed by atoms with van der Waals surface area (Å²) < 4.78 is 4.96. The van der Waals surface area contributed by atoms with Crippen LogP contribution in [0.15, 0.2) is 0 Å². The van der Waals surface area contributed by atoms with Crippen LogP contribution in [0.3, 0.4) is 0 Å². The van der Waals surface area contributed by atoms with E-state index in [0.717, 1.165) is 6.42 Å². The monoisotopic (exact) mass is 185 g/mol. The number of nitrogens with one attached hydrogen (secondary N) is 1. The van der Waals surface area contributed by atoms with E-state index in [4.69, 9.17) is 4.74 Å². The van der Waals surface area contributed by atoms with Gasteiger partial charge in [0.1, 0.15) is 0 Å². The van der Waals surface area contributed by atoms with Gasteiger partial charge >= 0.3 is 0 Å². The fraction of sp³-hybridized carbons (Fsp3) is 0.900. The second-order valence-electron chi connectivity index (χ2n) is 3.61. The van der Waals surface area contributed by atoms with E-state index in [1.165, 1.54) is 19.3 Å². The highest BCUT2D eigenvalue weighted by Crippen LogP contribution is 2.04. The molecule has 1 aliphatic rings. The van der Waals surface area contributed by atoms with Gasteiger partial charge in [-0.3, -0.25) is 4.79 Å². The molecule has 1 fully saturated rings. The zero-order valence-electron chi connectivity index (χ0n) is 8.34. The Morgan fingerprint density at radius 3 is 2.69 bits per heavy atom. The van der Waals surface area contributed by atoms with Gasteiger partial charge in [-0.1, -0.05) is 26.2 Å². The maximum atomic E-state index is 11.2. The largest absolute Gasteiger partial charge is 0.377 e. The summed E-state index contributed by atoms with van der Waals surface area (Å²) in [6.07, 6.45) is 5.33.